The molecule has 4 heteroatoms. The maximum absolute atomic E-state index is 5.82. The van der Waals surface area contributed by atoms with Gasteiger partial charge in [-0.05, 0) is 35.9 Å². The van der Waals surface area contributed by atoms with E-state index in [-0.39, 0.29) is 0 Å². The zero-order valence-electron chi connectivity index (χ0n) is 16.7. The van der Waals surface area contributed by atoms with Gasteiger partial charge in [-0.1, -0.05) is 42.5 Å². The van der Waals surface area contributed by atoms with Crippen molar-refractivity contribution in [3.05, 3.63) is 66.2 Å². The molecular weight excluding hydrogens is 348 g/mol. The first-order valence-corrected chi connectivity index (χ1v) is 10.0. The first-order chi connectivity index (χ1) is 13.8. The second-order valence-corrected chi connectivity index (χ2v) is 7.13. The average molecular weight is 377 g/mol. The minimum Gasteiger partial charge on any atom is -0.496 e. The Morgan fingerprint density at radius 2 is 1.57 bits per heavy atom. The van der Waals surface area contributed by atoms with Crippen LogP contribution in [-0.2, 0) is 6.54 Å². The predicted octanol–water partition coefficient (Wildman–Crippen LogP) is 4.57. The summed E-state index contributed by atoms with van der Waals surface area (Å²) in [6.45, 7) is 7.67. The van der Waals surface area contributed by atoms with Gasteiger partial charge in [0.1, 0.15) is 11.5 Å². The van der Waals surface area contributed by atoms with Crippen molar-refractivity contribution in [3.63, 3.8) is 0 Å². The molecule has 28 heavy (non-hydrogen) atoms. The van der Waals surface area contributed by atoms with Gasteiger partial charge in [0.15, 0.2) is 0 Å². The molecule has 146 valence electrons. The molecule has 0 saturated carbocycles. The number of nitrogens with zero attached hydrogens (tertiary/aromatic N) is 2. The molecule has 4 rings (SSSR count). The molecule has 1 saturated heterocycles. The van der Waals surface area contributed by atoms with E-state index in [1.165, 1.54) is 22.0 Å². The van der Waals surface area contributed by atoms with Gasteiger partial charge in [0.25, 0.3) is 0 Å². The van der Waals surface area contributed by atoms with Gasteiger partial charge in [0.05, 0.1) is 19.4 Å². The molecule has 1 aliphatic heterocycles. The molecule has 1 heterocycles. The van der Waals surface area contributed by atoms with E-state index in [0.29, 0.717) is 6.61 Å². The van der Waals surface area contributed by atoms with Crippen LogP contribution in [0.3, 0.4) is 0 Å². The van der Waals surface area contributed by atoms with E-state index >= 15 is 0 Å². The lowest BCUT2D eigenvalue weighted by molar-refractivity contribution is 0.246. The highest BCUT2D eigenvalue weighted by Gasteiger charge is 2.21. The standard InChI is InChI=1S/C24H28N2O2/c1-3-28-24-11-7-6-10-22(24)26-16-14-25(15-17-26)18-21-20-9-5-4-8-19(20)12-13-23(21)27-2/h4-13H,3,14-18H2,1-2H3. The van der Waals surface area contributed by atoms with E-state index in [2.05, 4.69) is 64.4 Å². The van der Waals surface area contributed by atoms with E-state index in [0.717, 1.165) is 44.2 Å². The molecular formula is C24H28N2O2. The fraction of sp³-hybridized carbons (Fsp3) is 0.333. The summed E-state index contributed by atoms with van der Waals surface area (Å²) in [5, 5.41) is 2.55. The largest absolute Gasteiger partial charge is 0.496 e. The Morgan fingerprint density at radius 3 is 2.36 bits per heavy atom. The molecule has 0 radical (unpaired) electrons. The number of para-hydroxylation sites is 2. The number of fused-ring (bicyclic) bond motifs is 1. The van der Waals surface area contributed by atoms with Crippen molar-refractivity contribution in [1.29, 1.82) is 0 Å². The Bertz CT molecular complexity index is 933. The van der Waals surface area contributed by atoms with Crippen LogP contribution in [0, 0.1) is 0 Å². The molecule has 0 amide bonds. The van der Waals surface area contributed by atoms with Crippen molar-refractivity contribution >= 4 is 16.5 Å². The molecule has 0 atom stereocenters. The van der Waals surface area contributed by atoms with Gasteiger partial charge in [-0.25, -0.2) is 0 Å². The van der Waals surface area contributed by atoms with Gasteiger partial charge in [0, 0.05) is 38.3 Å². The molecule has 1 fully saturated rings. The minimum absolute atomic E-state index is 0.692. The summed E-state index contributed by atoms with van der Waals surface area (Å²) in [6, 6.07) is 21.1. The molecule has 0 N–H and O–H groups in total. The fourth-order valence-corrected chi connectivity index (χ4v) is 4.04. The molecule has 0 spiro atoms. The van der Waals surface area contributed by atoms with Crippen molar-refractivity contribution in [1.82, 2.24) is 4.90 Å². The van der Waals surface area contributed by atoms with Crippen LogP contribution < -0.4 is 14.4 Å². The summed E-state index contributed by atoms with van der Waals surface area (Å²) in [7, 11) is 1.76. The second-order valence-electron chi connectivity index (χ2n) is 7.13. The number of anilines is 1. The number of hydrogen-bond acceptors (Lipinski definition) is 4. The van der Waals surface area contributed by atoms with Crippen LogP contribution in [0.15, 0.2) is 60.7 Å². The van der Waals surface area contributed by atoms with Crippen LogP contribution in [0.1, 0.15) is 12.5 Å². The Labute approximate surface area is 167 Å². The second kappa shape index (κ2) is 8.53. The van der Waals surface area contributed by atoms with E-state index in [4.69, 9.17) is 9.47 Å². The lowest BCUT2D eigenvalue weighted by Crippen LogP contribution is -2.46. The predicted molar refractivity (Wildman–Crippen MR) is 116 cm³/mol. The van der Waals surface area contributed by atoms with Gasteiger partial charge in [-0.2, -0.15) is 0 Å². The van der Waals surface area contributed by atoms with Crippen molar-refractivity contribution in [2.45, 2.75) is 13.5 Å². The third kappa shape index (κ3) is 3.78. The normalized spacial score (nSPS) is 15.0. The lowest BCUT2D eigenvalue weighted by Gasteiger charge is -2.37. The average Bonchev–Trinajstić information content (AvgIpc) is 2.75. The van der Waals surface area contributed by atoms with Gasteiger partial charge in [-0.3, -0.25) is 4.90 Å². The molecule has 3 aromatic rings. The van der Waals surface area contributed by atoms with Gasteiger partial charge in [-0.15, -0.1) is 0 Å². The summed E-state index contributed by atoms with van der Waals surface area (Å²) in [5.41, 5.74) is 2.48. The van der Waals surface area contributed by atoms with E-state index < -0.39 is 0 Å². The summed E-state index contributed by atoms with van der Waals surface area (Å²) >= 11 is 0. The zero-order valence-corrected chi connectivity index (χ0v) is 16.7. The van der Waals surface area contributed by atoms with E-state index in [1.54, 1.807) is 7.11 Å². The third-order valence-corrected chi connectivity index (χ3v) is 5.48. The van der Waals surface area contributed by atoms with Crippen LogP contribution in [0.25, 0.3) is 10.8 Å². The van der Waals surface area contributed by atoms with Crippen molar-refractivity contribution in [2.75, 3.05) is 44.8 Å². The molecule has 1 aliphatic rings. The smallest absolute Gasteiger partial charge is 0.142 e. The molecule has 3 aromatic carbocycles. The maximum atomic E-state index is 5.82. The van der Waals surface area contributed by atoms with E-state index in [1.807, 2.05) is 13.0 Å². The van der Waals surface area contributed by atoms with Crippen molar-refractivity contribution < 1.29 is 9.47 Å². The summed E-state index contributed by atoms with van der Waals surface area (Å²) in [4.78, 5) is 4.95. The SMILES string of the molecule is CCOc1ccccc1N1CCN(Cc2c(OC)ccc3ccccc23)CC1. The van der Waals surface area contributed by atoms with Gasteiger partial charge >= 0.3 is 0 Å². The number of hydrogen-bond donors (Lipinski definition) is 0. The highest BCUT2D eigenvalue weighted by molar-refractivity contribution is 5.87. The number of ether oxygens (including phenoxy) is 2. The van der Waals surface area contributed by atoms with Crippen LogP contribution in [0.2, 0.25) is 0 Å². The molecule has 0 bridgehead atoms. The number of methoxy groups -OCH3 is 1. The summed E-state index contributed by atoms with van der Waals surface area (Å²) in [5.74, 6) is 1.96. The van der Waals surface area contributed by atoms with E-state index in [9.17, 15) is 0 Å². The van der Waals surface area contributed by atoms with Crippen LogP contribution >= 0.6 is 0 Å². The third-order valence-electron chi connectivity index (χ3n) is 5.48. The van der Waals surface area contributed by atoms with Crippen molar-refractivity contribution in [3.8, 4) is 11.5 Å². The number of piperazine rings is 1. The number of rotatable bonds is 6. The van der Waals surface area contributed by atoms with Crippen LogP contribution in [-0.4, -0.2) is 44.8 Å². The fourth-order valence-electron chi connectivity index (χ4n) is 4.04. The monoisotopic (exact) mass is 376 g/mol. The summed E-state index contributed by atoms with van der Waals surface area (Å²) in [6.07, 6.45) is 0. The molecule has 0 aliphatic carbocycles. The highest BCUT2D eigenvalue weighted by Crippen LogP contribution is 2.31. The Balaban J connectivity index is 1.49. The van der Waals surface area contributed by atoms with Crippen LogP contribution in [0.5, 0.6) is 11.5 Å². The van der Waals surface area contributed by atoms with Crippen molar-refractivity contribution in [2.24, 2.45) is 0 Å². The topological polar surface area (TPSA) is 24.9 Å². The Hall–Kier alpha value is -2.72. The first-order valence-electron chi connectivity index (χ1n) is 10.0. The first kappa shape index (κ1) is 18.6. The van der Waals surface area contributed by atoms with Gasteiger partial charge in [0.2, 0.25) is 0 Å². The Morgan fingerprint density at radius 1 is 0.821 bits per heavy atom. The quantitative estimate of drug-likeness (QED) is 0.629. The summed E-state index contributed by atoms with van der Waals surface area (Å²) < 4.78 is 11.5. The van der Waals surface area contributed by atoms with Crippen LogP contribution in [0.4, 0.5) is 5.69 Å². The Kier molecular flexibility index (Phi) is 5.68. The number of benzene rings is 3. The lowest BCUT2D eigenvalue weighted by atomic mass is 10.0. The molecule has 0 aromatic heterocycles. The minimum atomic E-state index is 0.692. The van der Waals surface area contributed by atoms with Gasteiger partial charge < -0.3 is 14.4 Å². The zero-order chi connectivity index (χ0) is 19.3. The molecule has 4 nitrogen and oxygen atoms in total. The highest BCUT2D eigenvalue weighted by atomic mass is 16.5. The molecule has 0 unspecified atom stereocenters. The maximum Gasteiger partial charge on any atom is 0.142 e.